The lowest BCUT2D eigenvalue weighted by Gasteiger charge is -2.37. The zero-order valence-electron chi connectivity index (χ0n) is 19.8. The fraction of sp³-hybridized carbons (Fsp3) is 0.423. The number of rotatable bonds is 7. The standard InChI is InChI=1S/C26H33N3O4/c1-5-24(31)28(4)16-23-18(2)15-29(19(3)17-30)26(32)22-13-21(14-27-25(22)33-23)12-11-20-9-7-6-8-10-20/h6-14,18-19,23,30H,5,15-17H2,1-4H3/b12-11+/t18-,19+,23-/m0/s1. The van der Waals surface area contributed by atoms with Crippen LogP contribution in [-0.4, -0.2) is 70.6 Å². The third kappa shape index (κ3) is 5.99. The van der Waals surface area contributed by atoms with Crippen molar-refractivity contribution in [3.8, 4) is 5.88 Å². The van der Waals surface area contributed by atoms with Gasteiger partial charge in [-0.1, -0.05) is 56.3 Å². The maximum atomic E-state index is 13.5. The summed E-state index contributed by atoms with van der Waals surface area (Å²) in [4.78, 5) is 33.4. The van der Waals surface area contributed by atoms with E-state index in [0.717, 1.165) is 11.1 Å². The maximum Gasteiger partial charge on any atom is 0.259 e. The molecule has 0 fully saturated rings. The topological polar surface area (TPSA) is 83.0 Å². The van der Waals surface area contributed by atoms with Gasteiger partial charge in [-0.3, -0.25) is 9.59 Å². The molecule has 0 unspecified atom stereocenters. The van der Waals surface area contributed by atoms with E-state index in [-0.39, 0.29) is 42.4 Å². The number of aliphatic hydroxyl groups is 1. The molecule has 1 aliphatic heterocycles. The first-order chi connectivity index (χ1) is 15.8. The zero-order chi connectivity index (χ0) is 24.0. The van der Waals surface area contributed by atoms with Crippen LogP contribution < -0.4 is 4.74 Å². The molecule has 3 atom stereocenters. The summed E-state index contributed by atoms with van der Waals surface area (Å²) in [5, 5.41) is 9.78. The molecule has 1 aliphatic rings. The second kappa shape index (κ2) is 11.1. The molecule has 1 aromatic heterocycles. The predicted octanol–water partition coefficient (Wildman–Crippen LogP) is 3.34. The van der Waals surface area contributed by atoms with Crippen LogP contribution in [0.5, 0.6) is 5.88 Å². The van der Waals surface area contributed by atoms with Crippen molar-refractivity contribution in [3.05, 3.63) is 59.3 Å². The normalized spacial score (nSPS) is 19.4. The summed E-state index contributed by atoms with van der Waals surface area (Å²) in [5.41, 5.74) is 2.17. The number of benzene rings is 1. The number of ether oxygens (including phenoxy) is 1. The third-order valence-corrected chi connectivity index (χ3v) is 5.99. The van der Waals surface area contributed by atoms with Gasteiger partial charge in [0.2, 0.25) is 11.8 Å². The summed E-state index contributed by atoms with van der Waals surface area (Å²) in [5.74, 6) is -0.0139. The summed E-state index contributed by atoms with van der Waals surface area (Å²) in [6.07, 6.45) is 5.61. The van der Waals surface area contributed by atoms with Gasteiger partial charge >= 0.3 is 0 Å². The minimum atomic E-state index is -0.356. The molecular formula is C26H33N3O4. The van der Waals surface area contributed by atoms with E-state index in [9.17, 15) is 14.7 Å². The summed E-state index contributed by atoms with van der Waals surface area (Å²) >= 11 is 0. The molecule has 3 rings (SSSR count). The van der Waals surface area contributed by atoms with E-state index < -0.39 is 0 Å². The lowest BCUT2D eigenvalue weighted by molar-refractivity contribution is -0.131. The van der Waals surface area contributed by atoms with E-state index >= 15 is 0 Å². The Bertz CT molecular complexity index is 992. The molecule has 0 saturated heterocycles. The Kier molecular flexibility index (Phi) is 8.22. The van der Waals surface area contributed by atoms with Gasteiger partial charge < -0.3 is 19.6 Å². The molecule has 0 spiro atoms. The lowest BCUT2D eigenvalue weighted by atomic mass is 9.99. The van der Waals surface area contributed by atoms with E-state index in [4.69, 9.17) is 4.74 Å². The van der Waals surface area contributed by atoms with Crippen molar-refractivity contribution in [1.82, 2.24) is 14.8 Å². The molecule has 0 bridgehead atoms. The van der Waals surface area contributed by atoms with Gasteiger partial charge in [-0.15, -0.1) is 0 Å². The molecule has 2 heterocycles. The fourth-order valence-electron chi connectivity index (χ4n) is 3.83. The molecule has 1 aromatic carbocycles. The van der Waals surface area contributed by atoms with Crippen LogP contribution in [0.2, 0.25) is 0 Å². The van der Waals surface area contributed by atoms with Crippen molar-refractivity contribution in [2.24, 2.45) is 5.92 Å². The monoisotopic (exact) mass is 451 g/mol. The third-order valence-electron chi connectivity index (χ3n) is 5.99. The number of fused-ring (bicyclic) bond motifs is 1. The van der Waals surface area contributed by atoms with Crippen molar-refractivity contribution < 1.29 is 19.4 Å². The molecule has 1 N–H and O–H groups in total. The van der Waals surface area contributed by atoms with Gasteiger partial charge in [-0.2, -0.15) is 0 Å². The summed E-state index contributed by atoms with van der Waals surface area (Å²) in [7, 11) is 1.76. The molecule has 0 radical (unpaired) electrons. The summed E-state index contributed by atoms with van der Waals surface area (Å²) in [6.45, 7) is 6.28. The highest BCUT2D eigenvalue weighted by Crippen LogP contribution is 2.28. The number of likely N-dealkylation sites (N-methyl/N-ethyl adjacent to an activating group) is 1. The van der Waals surface area contributed by atoms with E-state index in [0.29, 0.717) is 25.1 Å². The number of hydrogen-bond donors (Lipinski definition) is 1. The van der Waals surface area contributed by atoms with Crippen molar-refractivity contribution in [3.63, 3.8) is 0 Å². The molecule has 33 heavy (non-hydrogen) atoms. The molecule has 2 aromatic rings. The smallest absolute Gasteiger partial charge is 0.259 e. The largest absolute Gasteiger partial charge is 0.472 e. The van der Waals surface area contributed by atoms with Crippen molar-refractivity contribution >= 4 is 24.0 Å². The number of nitrogens with zero attached hydrogens (tertiary/aromatic N) is 3. The Morgan fingerprint density at radius 3 is 2.67 bits per heavy atom. The predicted molar refractivity (Wildman–Crippen MR) is 129 cm³/mol. The minimum Gasteiger partial charge on any atom is -0.472 e. The molecule has 2 amide bonds. The van der Waals surface area contributed by atoms with Gasteiger partial charge in [-0.05, 0) is 24.1 Å². The van der Waals surface area contributed by atoms with E-state index in [2.05, 4.69) is 4.98 Å². The molecule has 7 heteroatoms. The number of aliphatic hydroxyl groups excluding tert-OH is 1. The molecule has 7 nitrogen and oxygen atoms in total. The highest BCUT2D eigenvalue weighted by molar-refractivity contribution is 5.97. The highest BCUT2D eigenvalue weighted by atomic mass is 16.5. The van der Waals surface area contributed by atoms with Gasteiger partial charge in [-0.25, -0.2) is 4.98 Å². The molecule has 176 valence electrons. The van der Waals surface area contributed by atoms with Crippen LogP contribution in [0.1, 0.15) is 48.7 Å². The minimum absolute atomic E-state index is 0.0269. The van der Waals surface area contributed by atoms with Crippen LogP contribution in [-0.2, 0) is 4.79 Å². The first-order valence-electron chi connectivity index (χ1n) is 11.4. The van der Waals surface area contributed by atoms with Crippen LogP contribution in [0.3, 0.4) is 0 Å². The van der Waals surface area contributed by atoms with Gasteiger partial charge in [0.15, 0.2) is 0 Å². The number of aromatic nitrogens is 1. The van der Waals surface area contributed by atoms with Gasteiger partial charge in [0.25, 0.3) is 5.91 Å². The average Bonchev–Trinajstić information content (AvgIpc) is 2.84. The Balaban J connectivity index is 1.96. The van der Waals surface area contributed by atoms with Crippen LogP contribution in [0.15, 0.2) is 42.6 Å². The average molecular weight is 452 g/mol. The summed E-state index contributed by atoms with van der Waals surface area (Å²) < 4.78 is 6.23. The quantitative estimate of drug-likeness (QED) is 0.698. The number of carbonyl (C=O) groups excluding carboxylic acids is 2. The molecular weight excluding hydrogens is 418 g/mol. The van der Waals surface area contributed by atoms with Crippen LogP contribution in [0, 0.1) is 5.92 Å². The summed E-state index contributed by atoms with van der Waals surface area (Å²) in [6, 6.07) is 11.3. The van der Waals surface area contributed by atoms with Crippen molar-refractivity contribution in [1.29, 1.82) is 0 Å². The second-order valence-electron chi connectivity index (χ2n) is 8.62. The Morgan fingerprint density at radius 1 is 1.30 bits per heavy atom. The molecule has 0 aliphatic carbocycles. The van der Waals surface area contributed by atoms with Crippen molar-refractivity contribution in [2.45, 2.75) is 39.3 Å². The van der Waals surface area contributed by atoms with Gasteiger partial charge in [0, 0.05) is 32.1 Å². The van der Waals surface area contributed by atoms with Gasteiger partial charge in [0.05, 0.1) is 19.2 Å². The second-order valence-corrected chi connectivity index (χ2v) is 8.62. The van der Waals surface area contributed by atoms with Crippen LogP contribution in [0.4, 0.5) is 0 Å². The van der Waals surface area contributed by atoms with E-state index in [1.165, 1.54) is 0 Å². The van der Waals surface area contributed by atoms with E-state index in [1.807, 2.05) is 63.3 Å². The lowest BCUT2D eigenvalue weighted by Crippen LogP contribution is -2.50. The fourth-order valence-corrected chi connectivity index (χ4v) is 3.83. The number of amides is 2. The van der Waals surface area contributed by atoms with Crippen molar-refractivity contribution in [2.75, 3.05) is 26.7 Å². The number of pyridine rings is 1. The zero-order valence-corrected chi connectivity index (χ0v) is 19.8. The van der Waals surface area contributed by atoms with E-state index in [1.54, 1.807) is 29.1 Å². The van der Waals surface area contributed by atoms with Crippen LogP contribution in [0.25, 0.3) is 12.2 Å². The Labute approximate surface area is 195 Å². The van der Waals surface area contributed by atoms with Gasteiger partial charge in [0.1, 0.15) is 11.7 Å². The Hall–Kier alpha value is -3.19. The highest BCUT2D eigenvalue weighted by Gasteiger charge is 2.34. The first kappa shape index (κ1) is 24.5. The first-order valence-corrected chi connectivity index (χ1v) is 11.4. The number of hydrogen-bond acceptors (Lipinski definition) is 5. The van der Waals surface area contributed by atoms with Crippen LogP contribution >= 0.6 is 0 Å². The Morgan fingerprint density at radius 2 is 2.00 bits per heavy atom. The molecule has 0 saturated carbocycles. The SMILES string of the molecule is CCC(=O)N(C)C[C@@H]1Oc2ncc(/C=C/c3ccccc3)cc2C(=O)N([C@H](C)CO)C[C@@H]1C. The maximum absolute atomic E-state index is 13.5. The number of carbonyl (C=O) groups is 2.